The van der Waals surface area contributed by atoms with Crippen molar-refractivity contribution >= 4 is 22.8 Å². The Morgan fingerprint density at radius 2 is 2.14 bits per heavy atom. The Hall–Kier alpha value is -3.41. The van der Waals surface area contributed by atoms with Crippen LogP contribution in [0.2, 0.25) is 0 Å². The van der Waals surface area contributed by atoms with E-state index in [1.54, 1.807) is 0 Å². The first kappa shape index (κ1) is 18.9. The number of anilines is 1. The molecule has 6 nitrogen and oxygen atoms in total. The maximum Gasteiger partial charge on any atom is 0.253 e. The Bertz CT molecular complexity index is 1110. The van der Waals surface area contributed by atoms with E-state index in [1.165, 1.54) is 0 Å². The molecule has 0 fully saturated rings. The fourth-order valence-electron chi connectivity index (χ4n) is 3.74. The number of para-hydroxylation sites is 1. The van der Waals surface area contributed by atoms with E-state index in [4.69, 9.17) is 9.97 Å². The number of nitrogens with zero attached hydrogens (tertiary/aromatic N) is 2. The third kappa shape index (κ3) is 3.42. The van der Waals surface area contributed by atoms with Gasteiger partial charge in [-0.2, -0.15) is 0 Å². The van der Waals surface area contributed by atoms with Crippen LogP contribution in [-0.4, -0.2) is 33.4 Å². The molecule has 1 amide bonds. The molecule has 1 aromatic carbocycles. The average molecular weight is 387 g/mol. The van der Waals surface area contributed by atoms with Crippen LogP contribution in [0, 0.1) is 6.92 Å². The van der Waals surface area contributed by atoms with E-state index in [-0.39, 0.29) is 17.9 Å². The molecular weight excluding hydrogens is 362 g/mol. The van der Waals surface area contributed by atoms with Crippen LogP contribution in [0.15, 0.2) is 49.6 Å². The van der Waals surface area contributed by atoms with Crippen LogP contribution < -0.4 is 10.6 Å². The van der Waals surface area contributed by atoms with Gasteiger partial charge in [0, 0.05) is 35.5 Å². The minimum absolute atomic E-state index is 0.0489. The molecule has 0 aliphatic carbocycles. The van der Waals surface area contributed by atoms with Gasteiger partial charge in [0.25, 0.3) is 5.91 Å². The van der Waals surface area contributed by atoms with Crippen LogP contribution in [0.5, 0.6) is 0 Å². The lowest BCUT2D eigenvalue weighted by Crippen LogP contribution is -2.34. The Kier molecular flexibility index (Phi) is 4.92. The van der Waals surface area contributed by atoms with Crippen molar-refractivity contribution in [1.82, 2.24) is 20.3 Å². The SMILES string of the molecule is C=CCC1CNC(=O)c2cc(-c3cccc4nc(C)c(NC(C)C=C)nc34)[nH]c21. The van der Waals surface area contributed by atoms with Crippen molar-refractivity contribution in [2.75, 3.05) is 11.9 Å². The van der Waals surface area contributed by atoms with Crippen molar-refractivity contribution in [1.29, 1.82) is 0 Å². The Morgan fingerprint density at radius 3 is 2.90 bits per heavy atom. The van der Waals surface area contributed by atoms with Crippen molar-refractivity contribution in [3.63, 3.8) is 0 Å². The van der Waals surface area contributed by atoms with Crippen molar-refractivity contribution in [2.24, 2.45) is 0 Å². The zero-order valence-corrected chi connectivity index (χ0v) is 16.7. The Morgan fingerprint density at radius 1 is 1.31 bits per heavy atom. The summed E-state index contributed by atoms with van der Waals surface area (Å²) in [5, 5.41) is 6.30. The largest absolute Gasteiger partial charge is 0.363 e. The lowest BCUT2D eigenvalue weighted by atomic mass is 9.94. The summed E-state index contributed by atoms with van der Waals surface area (Å²) in [7, 11) is 0. The molecule has 1 aliphatic heterocycles. The van der Waals surface area contributed by atoms with Gasteiger partial charge >= 0.3 is 0 Å². The van der Waals surface area contributed by atoms with E-state index in [9.17, 15) is 4.79 Å². The highest BCUT2D eigenvalue weighted by Crippen LogP contribution is 2.34. The normalized spacial score (nSPS) is 16.8. The topological polar surface area (TPSA) is 82.7 Å². The summed E-state index contributed by atoms with van der Waals surface area (Å²) in [6, 6.07) is 7.91. The lowest BCUT2D eigenvalue weighted by Gasteiger charge is -2.21. The third-order valence-electron chi connectivity index (χ3n) is 5.34. The highest BCUT2D eigenvalue weighted by molar-refractivity contribution is 6.00. The van der Waals surface area contributed by atoms with Gasteiger partial charge in [-0.05, 0) is 32.4 Å². The molecule has 29 heavy (non-hydrogen) atoms. The number of aromatic amines is 1. The van der Waals surface area contributed by atoms with Crippen LogP contribution in [0.1, 0.15) is 41.0 Å². The Balaban J connectivity index is 1.85. The number of H-pyrrole nitrogens is 1. The molecule has 0 saturated heterocycles. The second-order valence-corrected chi connectivity index (χ2v) is 7.44. The van der Waals surface area contributed by atoms with Crippen molar-refractivity contribution in [3.05, 3.63) is 66.5 Å². The second-order valence-electron chi connectivity index (χ2n) is 7.44. The van der Waals surface area contributed by atoms with Crippen LogP contribution in [-0.2, 0) is 0 Å². The summed E-state index contributed by atoms with van der Waals surface area (Å²) in [5.74, 6) is 0.881. The summed E-state index contributed by atoms with van der Waals surface area (Å²) in [6.07, 6.45) is 4.52. The number of amides is 1. The molecule has 6 heteroatoms. The molecular formula is C23H25N5O. The minimum atomic E-state index is -0.0489. The van der Waals surface area contributed by atoms with E-state index in [1.807, 2.05) is 50.3 Å². The van der Waals surface area contributed by atoms with Crippen molar-refractivity contribution < 1.29 is 4.79 Å². The number of carbonyl (C=O) groups excluding carboxylic acids is 1. The standard InChI is InChI=1S/C23H25N5O/c1-5-8-15-12-24-23(29)17-11-19(27-20(15)17)16-9-7-10-18-21(16)28-22(14(4)26-18)25-13(3)6-2/h5-7,9-11,13,15,27H,1-2,8,12H2,3-4H3,(H,24,29)(H,25,28). The van der Waals surface area contributed by atoms with Crippen molar-refractivity contribution in [3.8, 4) is 11.3 Å². The van der Waals surface area contributed by atoms with Gasteiger partial charge in [0.2, 0.25) is 0 Å². The summed E-state index contributed by atoms with van der Waals surface area (Å²) in [6.45, 7) is 12.2. The van der Waals surface area contributed by atoms with E-state index < -0.39 is 0 Å². The first-order valence-corrected chi connectivity index (χ1v) is 9.80. The molecule has 3 aromatic rings. The molecule has 3 heterocycles. The number of hydrogen-bond donors (Lipinski definition) is 3. The van der Waals surface area contributed by atoms with E-state index in [0.717, 1.165) is 45.9 Å². The van der Waals surface area contributed by atoms with E-state index >= 15 is 0 Å². The number of aryl methyl sites for hydroxylation is 1. The molecule has 4 rings (SSSR count). The molecule has 2 atom stereocenters. The zero-order chi connectivity index (χ0) is 20.5. The highest BCUT2D eigenvalue weighted by Gasteiger charge is 2.27. The van der Waals surface area contributed by atoms with E-state index in [0.29, 0.717) is 12.1 Å². The molecule has 3 N–H and O–H groups in total. The van der Waals surface area contributed by atoms with Gasteiger partial charge in [0.15, 0.2) is 0 Å². The fourth-order valence-corrected chi connectivity index (χ4v) is 3.74. The predicted molar refractivity (Wildman–Crippen MR) is 117 cm³/mol. The smallest absolute Gasteiger partial charge is 0.253 e. The van der Waals surface area contributed by atoms with Gasteiger partial charge in [-0.1, -0.05) is 24.3 Å². The predicted octanol–water partition coefficient (Wildman–Crippen LogP) is 4.32. The number of rotatable bonds is 6. The van der Waals surface area contributed by atoms with Gasteiger partial charge in [-0.3, -0.25) is 4.79 Å². The van der Waals surface area contributed by atoms with Crippen LogP contribution in [0.25, 0.3) is 22.3 Å². The summed E-state index contributed by atoms with van der Waals surface area (Å²) >= 11 is 0. The highest BCUT2D eigenvalue weighted by atomic mass is 16.1. The molecule has 0 spiro atoms. The molecule has 2 aromatic heterocycles. The molecule has 0 radical (unpaired) electrons. The zero-order valence-electron chi connectivity index (χ0n) is 16.7. The quantitative estimate of drug-likeness (QED) is 0.550. The lowest BCUT2D eigenvalue weighted by molar-refractivity contribution is 0.0940. The van der Waals surface area contributed by atoms with Crippen LogP contribution in [0.3, 0.4) is 0 Å². The van der Waals surface area contributed by atoms with Gasteiger partial charge < -0.3 is 15.6 Å². The Labute approximate surface area is 170 Å². The minimum Gasteiger partial charge on any atom is -0.363 e. The van der Waals surface area contributed by atoms with Crippen LogP contribution in [0.4, 0.5) is 5.82 Å². The second kappa shape index (κ2) is 7.54. The van der Waals surface area contributed by atoms with Gasteiger partial charge in [-0.15, -0.1) is 13.2 Å². The fraction of sp³-hybridized carbons (Fsp3) is 0.261. The van der Waals surface area contributed by atoms with Gasteiger partial charge in [-0.25, -0.2) is 9.97 Å². The summed E-state index contributed by atoms with van der Waals surface area (Å²) < 4.78 is 0. The molecule has 2 unspecified atom stereocenters. The van der Waals surface area contributed by atoms with Gasteiger partial charge in [0.05, 0.1) is 16.8 Å². The molecule has 1 aliphatic rings. The number of allylic oxidation sites excluding steroid dienone is 1. The summed E-state index contributed by atoms with van der Waals surface area (Å²) in [5.41, 5.74) is 5.87. The number of aromatic nitrogens is 3. The number of fused-ring (bicyclic) bond motifs is 2. The molecule has 0 saturated carbocycles. The summed E-state index contributed by atoms with van der Waals surface area (Å²) in [4.78, 5) is 25.5. The maximum atomic E-state index is 12.4. The number of benzene rings is 1. The van der Waals surface area contributed by atoms with Crippen molar-refractivity contribution in [2.45, 2.75) is 32.2 Å². The number of carbonyl (C=O) groups is 1. The average Bonchev–Trinajstić information content (AvgIpc) is 3.16. The molecule has 0 bridgehead atoms. The van der Waals surface area contributed by atoms with Gasteiger partial charge in [0.1, 0.15) is 11.3 Å². The number of hydrogen-bond acceptors (Lipinski definition) is 4. The number of nitrogens with one attached hydrogen (secondary N) is 3. The first-order valence-electron chi connectivity index (χ1n) is 9.80. The van der Waals surface area contributed by atoms with E-state index in [2.05, 4.69) is 28.8 Å². The molecule has 148 valence electrons. The first-order chi connectivity index (χ1) is 14.0. The monoisotopic (exact) mass is 387 g/mol. The van der Waals surface area contributed by atoms with Crippen LogP contribution >= 0.6 is 0 Å². The maximum absolute atomic E-state index is 12.4. The third-order valence-corrected chi connectivity index (χ3v) is 5.34.